The molecule has 2 N–H and O–H groups in total. The molecule has 0 radical (unpaired) electrons. The molecule has 17 heavy (non-hydrogen) atoms. The summed E-state index contributed by atoms with van der Waals surface area (Å²) >= 11 is 1.93. The van der Waals surface area contributed by atoms with Crippen molar-refractivity contribution in [3.8, 4) is 0 Å². The van der Waals surface area contributed by atoms with Gasteiger partial charge in [0.1, 0.15) is 0 Å². The maximum atomic E-state index is 5.91. The first-order chi connectivity index (χ1) is 8.13. The summed E-state index contributed by atoms with van der Waals surface area (Å²) in [6.45, 7) is 5.31. The number of hydrogen-bond acceptors (Lipinski definition) is 2. The lowest BCUT2D eigenvalue weighted by Crippen LogP contribution is -2.39. The summed E-state index contributed by atoms with van der Waals surface area (Å²) in [6, 6.07) is 9.06. The van der Waals surface area contributed by atoms with Crippen molar-refractivity contribution in [1.29, 1.82) is 0 Å². The Bertz CT molecular complexity index is 346. The quantitative estimate of drug-likeness (QED) is 0.802. The number of nitrogens with two attached hydrogens (primary N) is 1. The van der Waals surface area contributed by atoms with Crippen LogP contribution in [0.15, 0.2) is 29.2 Å². The normalized spacial score (nSPS) is 18.1. The lowest BCUT2D eigenvalue weighted by molar-refractivity contribution is 0.145. The van der Waals surface area contributed by atoms with Crippen LogP contribution in [0.2, 0.25) is 0 Å². The molecule has 0 spiro atoms. The third-order valence-electron chi connectivity index (χ3n) is 3.72. The zero-order valence-corrected chi connectivity index (χ0v) is 11.7. The third kappa shape index (κ3) is 3.26. The Kier molecular flexibility index (Phi) is 4.16. The third-order valence-corrected chi connectivity index (χ3v) is 4.74. The Labute approximate surface area is 109 Å². The predicted molar refractivity (Wildman–Crippen MR) is 76.5 cm³/mol. The summed E-state index contributed by atoms with van der Waals surface area (Å²) in [5.41, 5.74) is 7.78. The number of thioether (sulfide) groups is 1. The molecule has 94 valence electrons. The second kappa shape index (κ2) is 5.45. The largest absolute Gasteiger partial charge is 0.330 e. The highest BCUT2D eigenvalue weighted by atomic mass is 32.2. The molecule has 0 heterocycles. The smallest absolute Gasteiger partial charge is 0.00747 e. The second-order valence-corrected chi connectivity index (χ2v) is 7.19. The van der Waals surface area contributed by atoms with E-state index in [9.17, 15) is 0 Å². The molecule has 2 rings (SSSR count). The fourth-order valence-corrected chi connectivity index (χ4v) is 3.36. The molecule has 1 aromatic carbocycles. The fourth-order valence-electron chi connectivity index (χ4n) is 2.52. The first kappa shape index (κ1) is 13.0. The van der Waals surface area contributed by atoms with Crippen molar-refractivity contribution in [1.82, 2.24) is 0 Å². The Morgan fingerprint density at radius 2 is 1.88 bits per heavy atom. The van der Waals surface area contributed by atoms with Gasteiger partial charge in [-0.05, 0) is 48.9 Å². The average Bonchev–Trinajstić information content (AvgIpc) is 2.25. The highest BCUT2D eigenvalue weighted by Gasteiger charge is 2.35. The summed E-state index contributed by atoms with van der Waals surface area (Å²) in [5, 5.41) is 0.655. The first-order valence-electron chi connectivity index (χ1n) is 6.59. The maximum Gasteiger partial charge on any atom is 0.00747 e. The van der Waals surface area contributed by atoms with Gasteiger partial charge in [0.05, 0.1) is 0 Å². The van der Waals surface area contributed by atoms with Crippen LogP contribution in [-0.4, -0.2) is 11.8 Å². The molecule has 1 aliphatic rings. The minimum absolute atomic E-state index is 0.423. The molecule has 0 unspecified atom stereocenters. The standard InChI is InChI=1S/C15H23NS/c1-12(2)17-14-6-4-13(5-7-14)10-15(11-16)8-3-9-15/h4-7,12H,3,8-11,16H2,1-2H3. The van der Waals surface area contributed by atoms with Gasteiger partial charge in [0.15, 0.2) is 0 Å². The van der Waals surface area contributed by atoms with E-state index in [1.54, 1.807) is 0 Å². The van der Waals surface area contributed by atoms with E-state index in [-0.39, 0.29) is 0 Å². The molecule has 0 atom stereocenters. The van der Waals surface area contributed by atoms with Gasteiger partial charge < -0.3 is 5.73 Å². The van der Waals surface area contributed by atoms with Crippen LogP contribution in [0.4, 0.5) is 0 Å². The van der Waals surface area contributed by atoms with Crippen molar-refractivity contribution in [2.24, 2.45) is 11.1 Å². The lowest BCUT2D eigenvalue weighted by atomic mass is 9.65. The zero-order chi connectivity index (χ0) is 12.3. The van der Waals surface area contributed by atoms with Crippen LogP contribution >= 0.6 is 11.8 Å². The fraction of sp³-hybridized carbons (Fsp3) is 0.600. The van der Waals surface area contributed by atoms with E-state index in [2.05, 4.69) is 38.1 Å². The van der Waals surface area contributed by atoms with E-state index in [0.717, 1.165) is 13.0 Å². The van der Waals surface area contributed by atoms with Crippen LogP contribution in [0, 0.1) is 5.41 Å². The van der Waals surface area contributed by atoms with Crippen molar-refractivity contribution in [3.05, 3.63) is 29.8 Å². The minimum atomic E-state index is 0.423. The number of hydrogen-bond donors (Lipinski definition) is 1. The Morgan fingerprint density at radius 1 is 1.24 bits per heavy atom. The monoisotopic (exact) mass is 249 g/mol. The molecule has 0 saturated heterocycles. The molecule has 2 heteroatoms. The molecule has 1 aromatic rings. The minimum Gasteiger partial charge on any atom is -0.330 e. The predicted octanol–water partition coefficient (Wildman–Crippen LogP) is 3.86. The van der Waals surface area contributed by atoms with E-state index in [4.69, 9.17) is 5.73 Å². The first-order valence-corrected chi connectivity index (χ1v) is 7.47. The number of rotatable bonds is 5. The van der Waals surface area contributed by atoms with E-state index < -0.39 is 0 Å². The summed E-state index contributed by atoms with van der Waals surface area (Å²) in [6.07, 6.45) is 5.15. The van der Waals surface area contributed by atoms with Gasteiger partial charge in [-0.2, -0.15) is 0 Å². The van der Waals surface area contributed by atoms with Crippen LogP contribution < -0.4 is 5.73 Å². The molecule has 0 aliphatic heterocycles. The summed E-state index contributed by atoms with van der Waals surface area (Å²) < 4.78 is 0. The van der Waals surface area contributed by atoms with Crippen molar-refractivity contribution < 1.29 is 0 Å². The van der Waals surface area contributed by atoms with Gasteiger partial charge in [-0.3, -0.25) is 0 Å². The molecule has 0 aromatic heterocycles. The molecule has 1 nitrogen and oxygen atoms in total. The molecule has 1 fully saturated rings. The molecule has 0 bridgehead atoms. The highest BCUT2D eigenvalue weighted by Crippen LogP contribution is 2.42. The Hall–Kier alpha value is -0.470. The lowest BCUT2D eigenvalue weighted by Gasteiger charge is -2.41. The summed E-state index contributed by atoms with van der Waals surface area (Å²) in [7, 11) is 0. The van der Waals surface area contributed by atoms with Gasteiger partial charge >= 0.3 is 0 Å². The second-order valence-electron chi connectivity index (χ2n) is 5.55. The van der Waals surface area contributed by atoms with Crippen molar-refractivity contribution in [2.45, 2.75) is 49.7 Å². The van der Waals surface area contributed by atoms with Crippen LogP contribution in [0.5, 0.6) is 0 Å². The molecule has 1 saturated carbocycles. The van der Waals surface area contributed by atoms with Gasteiger partial charge in [0, 0.05) is 10.1 Å². The van der Waals surface area contributed by atoms with E-state index in [1.165, 1.54) is 29.7 Å². The van der Waals surface area contributed by atoms with Crippen LogP contribution in [0.3, 0.4) is 0 Å². The van der Waals surface area contributed by atoms with Crippen LogP contribution in [0.25, 0.3) is 0 Å². The summed E-state index contributed by atoms with van der Waals surface area (Å²) in [4.78, 5) is 1.37. The molecule has 0 amide bonds. The van der Waals surface area contributed by atoms with Crippen molar-refractivity contribution >= 4 is 11.8 Å². The van der Waals surface area contributed by atoms with Gasteiger partial charge in [-0.15, -0.1) is 11.8 Å². The van der Waals surface area contributed by atoms with Crippen molar-refractivity contribution in [2.75, 3.05) is 6.54 Å². The zero-order valence-electron chi connectivity index (χ0n) is 10.9. The van der Waals surface area contributed by atoms with Crippen LogP contribution in [-0.2, 0) is 6.42 Å². The summed E-state index contributed by atoms with van der Waals surface area (Å²) in [5.74, 6) is 0. The maximum absolute atomic E-state index is 5.91. The van der Waals surface area contributed by atoms with Gasteiger partial charge in [0.2, 0.25) is 0 Å². The van der Waals surface area contributed by atoms with Crippen molar-refractivity contribution in [3.63, 3.8) is 0 Å². The van der Waals surface area contributed by atoms with Gasteiger partial charge in [0.25, 0.3) is 0 Å². The Balaban J connectivity index is 1.98. The van der Waals surface area contributed by atoms with Gasteiger partial charge in [-0.25, -0.2) is 0 Å². The molecular formula is C15H23NS. The Morgan fingerprint density at radius 3 is 2.29 bits per heavy atom. The average molecular weight is 249 g/mol. The topological polar surface area (TPSA) is 26.0 Å². The van der Waals surface area contributed by atoms with Crippen LogP contribution in [0.1, 0.15) is 38.7 Å². The van der Waals surface area contributed by atoms with E-state index in [0.29, 0.717) is 10.7 Å². The SMILES string of the molecule is CC(C)Sc1ccc(CC2(CN)CCC2)cc1. The molecule has 1 aliphatic carbocycles. The van der Waals surface area contributed by atoms with E-state index in [1.807, 2.05) is 11.8 Å². The number of benzene rings is 1. The highest BCUT2D eigenvalue weighted by molar-refractivity contribution is 7.99. The van der Waals surface area contributed by atoms with Gasteiger partial charge in [-0.1, -0.05) is 32.4 Å². The molecular weight excluding hydrogens is 226 g/mol. The van der Waals surface area contributed by atoms with E-state index >= 15 is 0 Å².